The quantitative estimate of drug-likeness (QED) is 0.234. The van der Waals surface area contributed by atoms with Gasteiger partial charge in [-0.3, -0.25) is 25.0 Å². The van der Waals surface area contributed by atoms with Gasteiger partial charge in [-0.25, -0.2) is 0 Å². The number of hydrogen-bond acceptors (Lipinski definition) is 5. The molecule has 158 valence electrons. The summed E-state index contributed by atoms with van der Waals surface area (Å²) in [6, 6.07) is 18.2. The predicted octanol–water partition coefficient (Wildman–Crippen LogP) is 5.31. The molecular formula is C22H18IN3O5. The van der Waals surface area contributed by atoms with Gasteiger partial charge in [0.15, 0.2) is 0 Å². The first-order valence-corrected chi connectivity index (χ1v) is 10.4. The molecule has 9 heteroatoms. The van der Waals surface area contributed by atoms with Crippen LogP contribution in [0, 0.1) is 30.7 Å². The first-order chi connectivity index (χ1) is 14.8. The Bertz CT molecular complexity index is 1120. The second-order valence-electron chi connectivity index (χ2n) is 6.90. The van der Waals surface area contributed by atoms with Gasteiger partial charge in [-0.05, 0) is 53.6 Å². The highest BCUT2D eigenvalue weighted by molar-refractivity contribution is 14.1. The molecule has 0 N–H and O–H groups in total. The number of hydrogen-bond donors (Lipinski definition) is 0. The van der Waals surface area contributed by atoms with Crippen molar-refractivity contribution in [1.82, 2.24) is 0 Å². The number of halogens is 1. The zero-order valence-electron chi connectivity index (χ0n) is 16.5. The molecule has 0 heterocycles. The summed E-state index contributed by atoms with van der Waals surface area (Å²) in [5.41, 5.74) is 1.67. The Morgan fingerprint density at radius 2 is 1.52 bits per heavy atom. The van der Waals surface area contributed by atoms with Gasteiger partial charge in [0.25, 0.3) is 17.3 Å². The van der Waals surface area contributed by atoms with E-state index >= 15 is 0 Å². The van der Waals surface area contributed by atoms with Crippen LogP contribution in [0.5, 0.6) is 0 Å². The zero-order chi connectivity index (χ0) is 22.5. The molecule has 0 aliphatic rings. The third-order valence-corrected chi connectivity index (χ3v) is 5.62. The highest BCUT2D eigenvalue weighted by atomic mass is 127. The number of nitrogens with zero attached hydrogens (tertiary/aromatic N) is 3. The number of carbonyl (C=O) groups excluding carboxylic acids is 1. The molecule has 3 aromatic carbocycles. The maximum atomic E-state index is 13.4. The molecule has 0 atom stereocenters. The lowest BCUT2D eigenvalue weighted by atomic mass is 10.1. The van der Waals surface area contributed by atoms with E-state index < -0.39 is 27.1 Å². The van der Waals surface area contributed by atoms with Crippen molar-refractivity contribution >= 4 is 45.6 Å². The van der Waals surface area contributed by atoms with Crippen molar-refractivity contribution < 1.29 is 14.6 Å². The third-order valence-electron chi connectivity index (χ3n) is 4.70. The molecule has 0 bridgehead atoms. The Morgan fingerprint density at radius 3 is 2.06 bits per heavy atom. The summed E-state index contributed by atoms with van der Waals surface area (Å²) < 4.78 is 0.817. The van der Waals surface area contributed by atoms with Gasteiger partial charge >= 0.3 is 0 Å². The average molecular weight is 531 g/mol. The van der Waals surface area contributed by atoms with Crippen LogP contribution in [0.4, 0.5) is 17.1 Å². The highest BCUT2D eigenvalue weighted by Gasteiger charge is 2.25. The molecule has 0 aliphatic carbocycles. The summed E-state index contributed by atoms with van der Waals surface area (Å²) in [4.78, 5) is 35.9. The van der Waals surface area contributed by atoms with E-state index in [2.05, 4.69) is 22.6 Å². The van der Waals surface area contributed by atoms with Crippen molar-refractivity contribution in [3.63, 3.8) is 0 Å². The van der Waals surface area contributed by atoms with Crippen LogP contribution in [-0.4, -0.2) is 22.3 Å². The number of anilines is 1. The lowest BCUT2D eigenvalue weighted by molar-refractivity contribution is -0.394. The number of para-hydroxylation sites is 1. The van der Waals surface area contributed by atoms with E-state index in [-0.39, 0.29) is 5.56 Å². The van der Waals surface area contributed by atoms with Crippen molar-refractivity contribution in [3.05, 3.63) is 107 Å². The Labute approximate surface area is 191 Å². The van der Waals surface area contributed by atoms with Gasteiger partial charge in [-0.2, -0.15) is 0 Å². The minimum absolute atomic E-state index is 0.107. The number of rotatable bonds is 7. The van der Waals surface area contributed by atoms with Gasteiger partial charge < -0.3 is 4.90 Å². The molecule has 0 radical (unpaired) electrons. The standard InChI is InChI=1S/C22H18IN3O5/c1-15-6-8-16(9-7-15)10-11-24(21-5-3-2-4-20(21)23)22(27)17-12-18(25(28)29)14-19(13-17)26(30)31/h2-9,12-14H,10-11H2,1H3. The molecule has 3 rings (SSSR count). The first kappa shape index (κ1) is 22.3. The Morgan fingerprint density at radius 1 is 0.935 bits per heavy atom. The number of non-ortho nitro benzene ring substituents is 2. The minimum Gasteiger partial charge on any atom is -0.307 e. The molecule has 0 spiro atoms. The Balaban J connectivity index is 2.01. The zero-order valence-corrected chi connectivity index (χ0v) is 18.7. The van der Waals surface area contributed by atoms with Crippen molar-refractivity contribution in [2.75, 3.05) is 11.4 Å². The molecule has 1 amide bonds. The van der Waals surface area contributed by atoms with Crippen LogP contribution in [0.2, 0.25) is 0 Å². The fraction of sp³-hybridized carbons (Fsp3) is 0.136. The van der Waals surface area contributed by atoms with Crippen molar-refractivity contribution in [1.29, 1.82) is 0 Å². The number of aryl methyl sites for hydroxylation is 1. The molecule has 0 unspecified atom stereocenters. The van der Waals surface area contributed by atoms with Crippen molar-refractivity contribution in [3.8, 4) is 0 Å². The van der Waals surface area contributed by atoms with Crippen LogP contribution in [0.15, 0.2) is 66.7 Å². The molecule has 8 nitrogen and oxygen atoms in total. The Kier molecular flexibility index (Phi) is 6.95. The van der Waals surface area contributed by atoms with Gasteiger partial charge in [0.2, 0.25) is 0 Å². The highest BCUT2D eigenvalue weighted by Crippen LogP contribution is 2.28. The van der Waals surface area contributed by atoms with Gasteiger partial charge in [0.1, 0.15) is 0 Å². The molecular weight excluding hydrogens is 513 g/mol. The van der Waals surface area contributed by atoms with E-state index in [1.54, 1.807) is 12.1 Å². The maximum absolute atomic E-state index is 13.4. The number of carbonyl (C=O) groups is 1. The molecule has 0 aromatic heterocycles. The van der Waals surface area contributed by atoms with E-state index in [9.17, 15) is 25.0 Å². The molecule has 31 heavy (non-hydrogen) atoms. The minimum atomic E-state index is -0.743. The lowest BCUT2D eigenvalue weighted by Gasteiger charge is -2.24. The van der Waals surface area contributed by atoms with Crippen LogP contribution < -0.4 is 4.90 Å². The largest absolute Gasteiger partial charge is 0.307 e. The van der Waals surface area contributed by atoms with Gasteiger partial charge in [-0.15, -0.1) is 0 Å². The third kappa shape index (κ3) is 5.43. The lowest BCUT2D eigenvalue weighted by Crippen LogP contribution is -2.33. The fourth-order valence-corrected chi connectivity index (χ4v) is 3.76. The summed E-state index contributed by atoms with van der Waals surface area (Å²) in [7, 11) is 0. The smallest absolute Gasteiger partial charge is 0.277 e. The van der Waals surface area contributed by atoms with Crippen LogP contribution in [-0.2, 0) is 6.42 Å². The summed E-state index contributed by atoms with van der Waals surface area (Å²) in [5, 5.41) is 22.5. The summed E-state index contributed by atoms with van der Waals surface area (Å²) >= 11 is 2.11. The molecule has 0 saturated heterocycles. The second kappa shape index (κ2) is 9.65. The topological polar surface area (TPSA) is 107 Å². The van der Waals surface area contributed by atoms with E-state index in [1.807, 2.05) is 43.3 Å². The van der Waals surface area contributed by atoms with Crippen molar-refractivity contribution in [2.45, 2.75) is 13.3 Å². The van der Waals surface area contributed by atoms with Gasteiger partial charge in [0, 0.05) is 22.2 Å². The average Bonchev–Trinajstić information content (AvgIpc) is 2.75. The number of nitro groups is 2. The summed E-state index contributed by atoms with van der Waals surface area (Å²) in [6.45, 7) is 2.29. The fourth-order valence-electron chi connectivity index (χ4n) is 3.08. The van der Waals surface area contributed by atoms with E-state index in [4.69, 9.17) is 0 Å². The Hall–Kier alpha value is -3.34. The monoisotopic (exact) mass is 531 g/mol. The van der Waals surface area contributed by atoms with Crippen LogP contribution in [0.3, 0.4) is 0 Å². The van der Waals surface area contributed by atoms with Crippen LogP contribution >= 0.6 is 22.6 Å². The molecule has 3 aromatic rings. The van der Waals surface area contributed by atoms with Crippen LogP contribution in [0.25, 0.3) is 0 Å². The normalized spacial score (nSPS) is 10.5. The SMILES string of the molecule is Cc1ccc(CCN(C(=O)c2cc([N+](=O)[O-])cc([N+](=O)[O-])c2)c2ccccc2I)cc1. The summed E-state index contributed by atoms with van der Waals surface area (Å²) in [6.07, 6.45) is 0.550. The maximum Gasteiger partial charge on any atom is 0.277 e. The molecule has 0 aliphatic heterocycles. The number of amides is 1. The van der Waals surface area contributed by atoms with E-state index in [0.29, 0.717) is 18.7 Å². The number of nitro benzene ring substituents is 2. The van der Waals surface area contributed by atoms with Gasteiger partial charge in [-0.1, -0.05) is 42.0 Å². The van der Waals surface area contributed by atoms with Crippen LogP contribution in [0.1, 0.15) is 21.5 Å². The molecule has 0 saturated carbocycles. The number of benzene rings is 3. The van der Waals surface area contributed by atoms with Crippen molar-refractivity contribution in [2.24, 2.45) is 0 Å². The first-order valence-electron chi connectivity index (χ1n) is 9.32. The molecule has 0 fully saturated rings. The van der Waals surface area contributed by atoms with E-state index in [0.717, 1.165) is 32.9 Å². The second-order valence-corrected chi connectivity index (χ2v) is 8.06. The summed E-state index contributed by atoms with van der Waals surface area (Å²) in [5.74, 6) is -0.539. The predicted molar refractivity (Wildman–Crippen MR) is 125 cm³/mol. The van der Waals surface area contributed by atoms with Gasteiger partial charge in [0.05, 0.1) is 27.2 Å². The van der Waals surface area contributed by atoms with E-state index in [1.165, 1.54) is 4.90 Å².